The molecule has 0 aliphatic carbocycles. The van der Waals surface area contributed by atoms with E-state index in [1.807, 2.05) is 18.2 Å². The van der Waals surface area contributed by atoms with Gasteiger partial charge in [0.15, 0.2) is 0 Å². The molecule has 0 saturated carbocycles. The number of aromatic nitrogens is 1. The topological polar surface area (TPSA) is 54.0 Å². The second-order valence-electron chi connectivity index (χ2n) is 5.37. The van der Waals surface area contributed by atoms with Gasteiger partial charge in [0.1, 0.15) is 0 Å². The van der Waals surface area contributed by atoms with E-state index in [1.54, 1.807) is 6.20 Å². The maximum Gasteiger partial charge on any atom is 0.220 e. The number of carbonyl (C=O) groups excluding carboxylic acids is 1. The highest BCUT2D eigenvalue weighted by atomic mass is 35.5. The molecule has 2 rings (SSSR count). The van der Waals surface area contributed by atoms with E-state index in [0.717, 1.165) is 18.8 Å². The zero-order chi connectivity index (χ0) is 13.5. The summed E-state index contributed by atoms with van der Waals surface area (Å²) in [5.74, 6) is 1.28. The number of amides is 1. The first kappa shape index (κ1) is 20.2. The molecule has 1 aliphatic rings. The normalized spacial score (nSPS) is 16.2. The third-order valence-corrected chi connectivity index (χ3v) is 3.89. The van der Waals surface area contributed by atoms with Crippen molar-refractivity contribution in [3.8, 4) is 0 Å². The van der Waals surface area contributed by atoms with Gasteiger partial charge in [0.2, 0.25) is 5.91 Å². The fourth-order valence-corrected chi connectivity index (χ4v) is 2.64. The average Bonchev–Trinajstić information content (AvgIpc) is 2.47. The predicted octanol–water partition coefficient (Wildman–Crippen LogP) is 2.57. The Bertz CT molecular complexity index is 397. The smallest absolute Gasteiger partial charge is 0.220 e. The first-order valence-electron chi connectivity index (χ1n) is 7.13. The van der Waals surface area contributed by atoms with E-state index in [-0.39, 0.29) is 30.7 Å². The summed E-state index contributed by atoms with van der Waals surface area (Å²) in [5, 5.41) is 6.31. The number of hydrogen-bond donors (Lipinski definition) is 2. The first-order valence-corrected chi connectivity index (χ1v) is 7.13. The van der Waals surface area contributed by atoms with Crippen LogP contribution in [0.4, 0.5) is 0 Å². The summed E-state index contributed by atoms with van der Waals surface area (Å²) in [6.07, 6.45) is 4.75. The number of nitrogens with zero attached hydrogens (tertiary/aromatic N) is 1. The van der Waals surface area contributed by atoms with Crippen molar-refractivity contribution in [3.05, 3.63) is 30.1 Å². The molecule has 2 heterocycles. The van der Waals surface area contributed by atoms with Crippen molar-refractivity contribution in [2.45, 2.75) is 32.7 Å². The molecule has 2 N–H and O–H groups in total. The third-order valence-electron chi connectivity index (χ3n) is 3.89. The molecule has 1 atom stereocenters. The van der Waals surface area contributed by atoms with Crippen LogP contribution < -0.4 is 10.6 Å². The Balaban J connectivity index is 0.00000200. The van der Waals surface area contributed by atoms with Gasteiger partial charge >= 0.3 is 0 Å². The minimum absolute atomic E-state index is 0. The molecule has 21 heavy (non-hydrogen) atoms. The van der Waals surface area contributed by atoms with Crippen LogP contribution in [0, 0.1) is 11.8 Å². The second-order valence-corrected chi connectivity index (χ2v) is 5.37. The van der Waals surface area contributed by atoms with Gasteiger partial charge < -0.3 is 10.6 Å². The maximum atomic E-state index is 11.9. The molecule has 1 fully saturated rings. The van der Waals surface area contributed by atoms with E-state index >= 15 is 0 Å². The fourth-order valence-electron chi connectivity index (χ4n) is 2.64. The van der Waals surface area contributed by atoms with Crippen LogP contribution in [0.15, 0.2) is 24.4 Å². The average molecular weight is 334 g/mol. The summed E-state index contributed by atoms with van der Waals surface area (Å²) in [7, 11) is 0. The number of halogens is 2. The zero-order valence-corrected chi connectivity index (χ0v) is 14.0. The van der Waals surface area contributed by atoms with Crippen molar-refractivity contribution < 1.29 is 4.79 Å². The Hall–Kier alpha value is -0.840. The Labute approximate surface area is 139 Å². The molecular formula is C15H25Cl2N3O. The molecule has 120 valence electrons. The van der Waals surface area contributed by atoms with Gasteiger partial charge in [-0.05, 0) is 49.9 Å². The molecule has 1 aliphatic heterocycles. The Morgan fingerprint density at radius 2 is 2.10 bits per heavy atom. The van der Waals surface area contributed by atoms with Crippen molar-refractivity contribution in [1.82, 2.24) is 15.6 Å². The first-order chi connectivity index (χ1) is 9.25. The highest BCUT2D eigenvalue weighted by Crippen LogP contribution is 2.24. The van der Waals surface area contributed by atoms with Gasteiger partial charge in [-0.25, -0.2) is 0 Å². The monoisotopic (exact) mass is 333 g/mol. The number of piperidine rings is 1. The van der Waals surface area contributed by atoms with Gasteiger partial charge in [-0.2, -0.15) is 0 Å². The molecule has 4 nitrogen and oxygen atoms in total. The van der Waals surface area contributed by atoms with Crippen molar-refractivity contribution in [1.29, 1.82) is 0 Å². The Kier molecular flexibility index (Phi) is 10.4. The molecular weight excluding hydrogens is 309 g/mol. The van der Waals surface area contributed by atoms with Gasteiger partial charge in [0.25, 0.3) is 0 Å². The lowest BCUT2D eigenvalue weighted by Crippen LogP contribution is -2.33. The molecule has 1 amide bonds. The number of carbonyl (C=O) groups is 1. The Morgan fingerprint density at radius 3 is 2.71 bits per heavy atom. The molecule has 1 aromatic rings. The van der Waals surface area contributed by atoms with Crippen LogP contribution >= 0.6 is 24.8 Å². The predicted molar refractivity (Wildman–Crippen MR) is 90.0 cm³/mol. The quantitative estimate of drug-likeness (QED) is 0.870. The summed E-state index contributed by atoms with van der Waals surface area (Å²) in [5.41, 5.74) is 0.908. The lowest BCUT2D eigenvalue weighted by molar-refractivity contribution is -0.122. The van der Waals surface area contributed by atoms with E-state index in [1.165, 1.54) is 12.8 Å². The minimum atomic E-state index is 0. The highest BCUT2D eigenvalue weighted by Gasteiger charge is 2.21. The number of rotatable bonds is 5. The van der Waals surface area contributed by atoms with Crippen molar-refractivity contribution in [3.63, 3.8) is 0 Å². The summed E-state index contributed by atoms with van der Waals surface area (Å²) in [6, 6.07) is 5.74. The molecule has 0 spiro atoms. The SMILES string of the molecule is CC(CC(=O)NCc1ccccn1)C1CCNCC1.Cl.Cl. The van der Waals surface area contributed by atoms with E-state index < -0.39 is 0 Å². The van der Waals surface area contributed by atoms with Crippen LogP contribution in [0.2, 0.25) is 0 Å². The minimum Gasteiger partial charge on any atom is -0.350 e. The van der Waals surface area contributed by atoms with Gasteiger partial charge in [-0.3, -0.25) is 9.78 Å². The van der Waals surface area contributed by atoms with E-state index in [0.29, 0.717) is 24.8 Å². The fraction of sp³-hybridized carbons (Fsp3) is 0.600. The molecule has 1 unspecified atom stereocenters. The molecule has 0 radical (unpaired) electrons. The van der Waals surface area contributed by atoms with Crippen LogP contribution in [0.25, 0.3) is 0 Å². The molecule has 0 aromatic carbocycles. The van der Waals surface area contributed by atoms with Crippen molar-refractivity contribution in [2.75, 3.05) is 13.1 Å². The highest BCUT2D eigenvalue weighted by molar-refractivity contribution is 5.85. The standard InChI is InChI=1S/C15H23N3O.2ClH/c1-12(13-5-8-16-9-6-13)10-15(19)18-11-14-4-2-3-7-17-14;;/h2-4,7,12-13,16H,5-6,8-11H2,1H3,(H,18,19);2*1H. The van der Waals surface area contributed by atoms with Crippen LogP contribution in [0.1, 0.15) is 31.9 Å². The molecule has 6 heteroatoms. The second kappa shape index (κ2) is 10.8. The van der Waals surface area contributed by atoms with E-state index in [9.17, 15) is 4.79 Å². The van der Waals surface area contributed by atoms with E-state index in [2.05, 4.69) is 22.5 Å². The number of pyridine rings is 1. The van der Waals surface area contributed by atoms with Crippen LogP contribution in [0.3, 0.4) is 0 Å². The number of nitrogens with one attached hydrogen (secondary N) is 2. The number of hydrogen-bond acceptors (Lipinski definition) is 3. The Morgan fingerprint density at radius 1 is 1.38 bits per heavy atom. The van der Waals surface area contributed by atoms with Gasteiger partial charge in [0.05, 0.1) is 12.2 Å². The largest absolute Gasteiger partial charge is 0.350 e. The third kappa shape index (κ3) is 7.11. The van der Waals surface area contributed by atoms with Crippen LogP contribution in [0.5, 0.6) is 0 Å². The van der Waals surface area contributed by atoms with Gasteiger partial charge in [-0.15, -0.1) is 24.8 Å². The molecule has 0 bridgehead atoms. The molecule has 1 saturated heterocycles. The van der Waals surface area contributed by atoms with Crippen molar-refractivity contribution >= 4 is 30.7 Å². The summed E-state index contributed by atoms with van der Waals surface area (Å²) >= 11 is 0. The lowest BCUT2D eigenvalue weighted by atomic mass is 9.84. The summed E-state index contributed by atoms with van der Waals surface area (Å²) in [6.45, 7) is 4.89. The van der Waals surface area contributed by atoms with Crippen molar-refractivity contribution in [2.24, 2.45) is 11.8 Å². The van der Waals surface area contributed by atoms with Gasteiger partial charge in [-0.1, -0.05) is 13.0 Å². The summed E-state index contributed by atoms with van der Waals surface area (Å²) in [4.78, 5) is 16.1. The van der Waals surface area contributed by atoms with Crippen LogP contribution in [-0.2, 0) is 11.3 Å². The van der Waals surface area contributed by atoms with E-state index in [4.69, 9.17) is 0 Å². The van der Waals surface area contributed by atoms with Gasteiger partial charge in [0, 0.05) is 12.6 Å². The lowest BCUT2D eigenvalue weighted by Gasteiger charge is -2.27. The maximum absolute atomic E-state index is 11.9. The summed E-state index contributed by atoms with van der Waals surface area (Å²) < 4.78 is 0. The molecule has 1 aromatic heterocycles. The zero-order valence-electron chi connectivity index (χ0n) is 12.4. The van der Waals surface area contributed by atoms with Crippen LogP contribution in [-0.4, -0.2) is 24.0 Å².